The van der Waals surface area contributed by atoms with E-state index in [4.69, 9.17) is 4.98 Å². The summed E-state index contributed by atoms with van der Waals surface area (Å²) < 4.78 is 55.9. The number of rotatable bonds is 3. The Morgan fingerprint density at radius 1 is 1.21 bits per heavy atom. The van der Waals surface area contributed by atoms with Crippen LogP contribution in [0.1, 0.15) is 37.0 Å². The molecule has 0 aliphatic carbocycles. The van der Waals surface area contributed by atoms with Crippen LogP contribution >= 0.6 is 0 Å². The van der Waals surface area contributed by atoms with Gasteiger partial charge in [-0.25, -0.2) is 15.0 Å². The molecule has 4 rings (SSSR count). The normalized spacial score (nSPS) is 15.8. The molecule has 28 heavy (non-hydrogen) atoms. The molecule has 0 amide bonds. The average Bonchev–Trinajstić information content (AvgIpc) is 3.18. The van der Waals surface area contributed by atoms with Crippen molar-refractivity contribution in [3.63, 3.8) is 0 Å². The van der Waals surface area contributed by atoms with Gasteiger partial charge in [0.25, 0.3) is 0 Å². The summed E-state index contributed by atoms with van der Waals surface area (Å²) in [5, 5.41) is 0.609. The van der Waals surface area contributed by atoms with Crippen LogP contribution in [0.5, 0.6) is 0 Å². The molecule has 0 spiro atoms. The summed E-state index contributed by atoms with van der Waals surface area (Å²) in [4.78, 5) is 12.8. The Morgan fingerprint density at radius 3 is 2.64 bits per heavy atom. The summed E-state index contributed by atoms with van der Waals surface area (Å²) in [5.41, 5.74) is 0.485. The van der Waals surface area contributed by atoms with E-state index in [-0.39, 0.29) is 11.2 Å². The molecule has 0 saturated heterocycles. The monoisotopic (exact) mass is 411 g/mol. The van der Waals surface area contributed by atoms with Gasteiger partial charge in [-0.1, -0.05) is 6.92 Å². The fourth-order valence-electron chi connectivity index (χ4n) is 3.77. The Bertz CT molecular complexity index is 1100. The fraction of sp³-hybridized carbons (Fsp3) is 0.500. The summed E-state index contributed by atoms with van der Waals surface area (Å²) in [6, 6.07) is 0.957. The molecule has 1 atom stereocenters. The smallest absolute Gasteiger partial charge is 0.324 e. The lowest BCUT2D eigenvalue weighted by atomic mass is 10.2. The first-order valence-electron chi connectivity index (χ1n) is 9.11. The minimum atomic E-state index is -4.54. The number of pyridine rings is 1. The average molecular weight is 411 g/mol. The van der Waals surface area contributed by atoms with E-state index in [1.54, 1.807) is 11.6 Å². The zero-order valence-electron chi connectivity index (χ0n) is 15.8. The van der Waals surface area contributed by atoms with Gasteiger partial charge in [-0.05, 0) is 25.8 Å². The quantitative estimate of drug-likeness (QED) is 0.660. The van der Waals surface area contributed by atoms with Crippen molar-refractivity contribution >= 4 is 21.8 Å². The van der Waals surface area contributed by atoms with Gasteiger partial charge in [0.2, 0.25) is 0 Å². The van der Waals surface area contributed by atoms with E-state index < -0.39 is 22.7 Å². The van der Waals surface area contributed by atoms with Crippen LogP contribution in [0.15, 0.2) is 11.1 Å². The maximum atomic E-state index is 13.1. The molecule has 0 fully saturated rings. The largest absolute Gasteiger partial charge is 0.433 e. The first kappa shape index (κ1) is 19.1. The summed E-state index contributed by atoms with van der Waals surface area (Å²) >= 11 is 0. The third-order valence-corrected chi connectivity index (χ3v) is 6.41. The number of aromatic nitrogens is 5. The number of hydrogen-bond acceptors (Lipinski definition) is 4. The highest BCUT2D eigenvalue weighted by Crippen LogP contribution is 2.34. The van der Waals surface area contributed by atoms with Crippen LogP contribution in [0.25, 0.3) is 22.6 Å². The second kappa shape index (κ2) is 6.68. The van der Waals surface area contributed by atoms with Gasteiger partial charge < -0.3 is 9.13 Å². The lowest BCUT2D eigenvalue weighted by molar-refractivity contribution is -0.141. The van der Waals surface area contributed by atoms with E-state index in [1.807, 2.05) is 11.5 Å². The molecule has 3 aromatic rings. The molecule has 0 radical (unpaired) electrons. The molecular weight excluding hydrogens is 391 g/mol. The predicted molar refractivity (Wildman–Crippen MR) is 99.4 cm³/mol. The van der Waals surface area contributed by atoms with Crippen LogP contribution in [-0.2, 0) is 37.0 Å². The standard InChI is InChI=1S/C18H20F3N5OS/c1-4-28(27)17-14(24-13-7-5-6-8-26(13)17)16-23-11-9-12(18(19,20)21)22-10(2)15(11)25(16)3/h9H,4-8H2,1-3H3. The molecule has 0 bridgehead atoms. The van der Waals surface area contributed by atoms with E-state index in [9.17, 15) is 17.4 Å². The van der Waals surface area contributed by atoms with Crippen LogP contribution in [0.2, 0.25) is 0 Å². The van der Waals surface area contributed by atoms with Crippen LogP contribution in [0.4, 0.5) is 13.2 Å². The van der Waals surface area contributed by atoms with Gasteiger partial charge in [0.1, 0.15) is 22.2 Å². The number of alkyl halides is 3. The van der Waals surface area contributed by atoms with Crippen LogP contribution in [0, 0.1) is 6.92 Å². The minimum Gasteiger partial charge on any atom is -0.324 e. The highest BCUT2D eigenvalue weighted by Gasteiger charge is 2.34. The second-order valence-electron chi connectivity index (χ2n) is 6.88. The van der Waals surface area contributed by atoms with Gasteiger partial charge in [-0.3, -0.25) is 4.21 Å². The van der Waals surface area contributed by atoms with Crippen molar-refractivity contribution < 1.29 is 17.4 Å². The molecule has 150 valence electrons. The molecule has 0 N–H and O–H groups in total. The first-order valence-corrected chi connectivity index (χ1v) is 10.4. The lowest BCUT2D eigenvalue weighted by Gasteiger charge is -2.15. The summed E-state index contributed by atoms with van der Waals surface area (Å²) in [5.74, 6) is 1.70. The maximum absolute atomic E-state index is 13.1. The lowest BCUT2D eigenvalue weighted by Crippen LogP contribution is -2.14. The van der Waals surface area contributed by atoms with Crippen molar-refractivity contribution in [2.75, 3.05) is 5.75 Å². The van der Waals surface area contributed by atoms with Gasteiger partial charge in [-0.2, -0.15) is 13.2 Å². The molecule has 0 aromatic carbocycles. The van der Waals surface area contributed by atoms with E-state index in [2.05, 4.69) is 9.97 Å². The zero-order chi connectivity index (χ0) is 20.2. The minimum absolute atomic E-state index is 0.205. The van der Waals surface area contributed by atoms with Crippen molar-refractivity contribution in [3.05, 3.63) is 23.3 Å². The SMILES string of the molecule is CCS(=O)c1c(-c2nc3cc(C(F)(F)F)nc(C)c3n2C)nc2n1CCCC2. The molecule has 1 aliphatic heterocycles. The highest BCUT2D eigenvalue weighted by atomic mass is 32.2. The fourth-order valence-corrected chi connectivity index (χ4v) is 4.84. The molecule has 3 aromatic heterocycles. The topological polar surface area (TPSA) is 65.6 Å². The number of nitrogens with zero attached hydrogens (tertiary/aromatic N) is 5. The van der Waals surface area contributed by atoms with Gasteiger partial charge in [0.15, 0.2) is 5.82 Å². The molecule has 6 nitrogen and oxygen atoms in total. The van der Waals surface area contributed by atoms with Crippen LogP contribution in [-0.4, -0.2) is 34.0 Å². The Morgan fingerprint density at radius 2 is 1.96 bits per heavy atom. The van der Waals surface area contributed by atoms with Crippen molar-refractivity contribution in [1.82, 2.24) is 24.1 Å². The predicted octanol–water partition coefficient (Wildman–Crippen LogP) is 3.62. The third kappa shape index (κ3) is 2.94. The Balaban J connectivity index is 1.98. The zero-order valence-corrected chi connectivity index (χ0v) is 16.6. The summed E-state index contributed by atoms with van der Waals surface area (Å²) in [6.07, 6.45) is -1.76. The second-order valence-corrected chi connectivity index (χ2v) is 8.53. The molecule has 4 heterocycles. The molecule has 1 aliphatic rings. The van der Waals surface area contributed by atoms with Crippen molar-refractivity contribution in [1.29, 1.82) is 0 Å². The molecule has 1 unspecified atom stereocenters. The molecule has 0 saturated carbocycles. The van der Waals surface area contributed by atoms with Crippen LogP contribution < -0.4 is 0 Å². The number of hydrogen-bond donors (Lipinski definition) is 0. The third-order valence-electron chi connectivity index (χ3n) is 5.04. The Kier molecular flexibility index (Phi) is 4.56. The highest BCUT2D eigenvalue weighted by molar-refractivity contribution is 7.85. The summed E-state index contributed by atoms with van der Waals surface area (Å²) in [7, 11) is 0.463. The maximum Gasteiger partial charge on any atom is 0.433 e. The number of imidazole rings is 2. The Hall–Kier alpha value is -2.23. The van der Waals surface area contributed by atoms with Crippen molar-refractivity contribution in [2.45, 2.75) is 50.9 Å². The van der Waals surface area contributed by atoms with Gasteiger partial charge >= 0.3 is 6.18 Å². The van der Waals surface area contributed by atoms with E-state index in [0.717, 1.165) is 37.7 Å². The van der Waals surface area contributed by atoms with Crippen LogP contribution in [0.3, 0.4) is 0 Å². The van der Waals surface area contributed by atoms with Gasteiger partial charge in [0.05, 0.1) is 27.5 Å². The van der Waals surface area contributed by atoms with Crippen molar-refractivity contribution in [2.24, 2.45) is 7.05 Å². The Labute approximate surface area is 162 Å². The van der Waals surface area contributed by atoms with E-state index in [1.165, 1.54) is 6.92 Å². The number of halogens is 3. The van der Waals surface area contributed by atoms with E-state index in [0.29, 0.717) is 27.8 Å². The first-order chi connectivity index (χ1) is 13.2. The number of aryl methyl sites for hydroxylation is 3. The van der Waals surface area contributed by atoms with Gasteiger partial charge in [0, 0.05) is 25.8 Å². The molecular formula is C18H20F3N5OS. The summed E-state index contributed by atoms with van der Waals surface area (Å²) in [6.45, 7) is 4.11. The molecule has 10 heteroatoms. The van der Waals surface area contributed by atoms with Gasteiger partial charge in [-0.15, -0.1) is 0 Å². The van der Waals surface area contributed by atoms with Crippen molar-refractivity contribution in [3.8, 4) is 11.5 Å². The number of fused-ring (bicyclic) bond motifs is 2. The van der Waals surface area contributed by atoms with E-state index >= 15 is 0 Å².